The SMILES string of the molecule is CCS(=O)(=O)Oc1cccc(CN(C(=O)NC23CC4CC(CC(C4)C2)C3)C(C)C)c1. The van der Waals surface area contributed by atoms with Crippen LogP contribution in [0.25, 0.3) is 0 Å². The normalized spacial score (nSPS) is 29.8. The van der Waals surface area contributed by atoms with Crippen molar-refractivity contribution in [2.45, 2.75) is 77.4 Å². The molecule has 166 valence electrons. The minimum absolute atomic E-state index is 0.0144. The summed E-state index contributed by atoms with van der Waals surface area (Å²) in [6.45, 7) is 6.00. The summed E-state index contributed by atoms with van der Waals surface area (Å²) in [6, 6.07) is 7.03. The van der Waals surface area contributed by atoms with E-state index in [-0.39, 0.29) is 23.4 Å². The van der Waals surface area contributed by atoms with Crippen LogP contribution < -0.4 is 9.50 Å². The van der Waals surface area contributed by atoms with Crippen molar-refractivity contribution in [2.75, 3.05) is 5.75 Å². The minimum Gasteiger partial charge on any atom is -0.382 e. The summed E-state index contributed by atoms with van der Waals surface area (Å²) >= 11 is 0. The number of urea groups is 1. The Morgan fingerprint density at radius 2 is 1.77 bits per heavy atom. The highest BCUT2D eigenvalue weighted by molar-refractivity contribution is 7.87. The van der Waals surface area contributed by atoms with Gasteiger partial charge in [0.2, 0.25) is 0 Å². The fourth-order valence-corrected chi connectivity index (χ4v) is 6.66. The molecule has 2 amide bonds. The molecule has 0 spiro atoms. The monoisotopic (exact) mass is 434 g/mol. The Morgan fingerprint density at radius 1 is 1.17 bits per heavy atom. The first kappa shape index (κ1) is 21.5. The van der Waals surface area contributed by atoms with Crippen LogP contribution >= 0.6 is 0 Å². The van der Waals surface area contributed by atoms with Crippen LogP contribution in [0, 0.1) is 17.8 Å². The van der Waals surface area contributed by atoms with Gasteiger partial charge in [0.1, 0.15) is 5.75 Å². The first-order valence-electron chi connectivity index (χ1n) is 11.3. The fraction of sp³-hybridized carbons (Fsp3) is 0.696. The number of hydrogen-bond donors (Lipinski definition) is 1. The molecule has 0 saturated heterocycles. The Labute approximate surface area is 180 Å². The Hall–Kier alpha value is -1.76. The van der Waals surface area contributed by atoms with Crippen molar-refractivity contribution in [3.63, 3.8) is 0 Å². The lowest BCUT2D eigenvalue weighted by Crippen LogP contribution is -2.62. The van der Waals surface area contributed by atoms with Gasteiger partial charge >= 0.3 is 16.1 Å². The van der Waals surface area contributed by atoms with E-state index in [2.05, 4.69) is 5.32 Å². The van der Waals surface area contributed by atoms with Crippen LogP contribution in [-0.2, 0) is 16.7 Å². The van der Waals surface area contributed by atoms with Crippen LogP contribution in [0.3, 0.4) is 0 Å². The van der Waals surface area contributed by atoms with Gasteiger partial charge in [0.05, 0.1) is 5.75 Å². The highest BCUT2D eigenvalue weighted by Gasteiger charge is 2.51. The van der Waals surface area contributed by atoms with E-state index in [1.807, 2.05) is 24.8 Å². The van der Waals surface area contributed by atoms with E-state index in [9.17, 15) is 13.2 Å². The number of amides is 2. The summed E-state index contributed by atoms with van der Waals surface area (Å²) in [5.41, 5.74) is 0.826. The van der Waals surface area contributed by atoms with Gasteiger partial charge in [-0.25, -0.2) is 4.79 Å². The maximum atomic E-state index is 13.3. The van der Waals surface area contributed by atoms with Gasteiger partial charge in [-0.3, -0.25) is 0 Å². The molecule has 4 aliphatic carbocycles. The average Bonchev–Trinajstić information content (AvgIpc) is 2.64. The summed E-state index contributed by atoms with van der Waals surface area (Å²) < 4.78 is 28.7. The summed E-state index contributed by atoms with van der Waals surface area (Å²) in [5.74, 6) is 2.54. The number of nitrogens with one attached hydrogen (secondary N) is 1. The van der Waals surface area contributed by atoms with Crippen LogP contribution in [0.5, 0.6) is 5.75 Å². The van der Waals surface area contributed by atoms with E-state index in [4.69, 9.17) is 4.18 Å². The molecule has 4 aliphatic rings. The summed E-state index contributed by atoms with van der Waals surface area (Å²) in [4.78, 5) is 15.2. The Kier molecular flexibility index (Phi) is 5.77. The number of rotatable bonds is 7. The van der Waals surface area contributed by atoms with Crippen LogP contribution in [0.4, 0.5) is 4.79 Å². The number of hydrogen-bond acceptors (Lipinski definition) is 4. The lowest BCUT2D eigenvalue weighted by molar-refractivity contribution is -0.0163. The van der Waals surface area contributed by atoms with E-state index < -0.39 is 10.1 Å². The lowest BCUT2D eigenvalue weighted by Gasteiger charge is -2.57. The molecule has 0 aliphatic heterocycles. The Balaban J connectivity index is 1.46. The zero-order valence-corrected chi connectivity index (χ0v) is 19.1. The molecule has 4 bridgehead atoms. The third-order valence-electron chi connectivity index (χ3n) is 7.12. The molecule has 6 nitrogen and oxygen atoms in total. The van der Waals surface area contributed by atoms with Crippen molar-refractivity contribution in [3.8, 4) is 5.75 Å². The number of carbonyl (C=O) groups excluding carboxylic acids is 1. The average molecular weight is 435 g/mol. The zero-order valence-electron chi connectivity index (χ0n) is 18.3. The van der Waals surface area contributed by atoms with E-state index in [1.165, 1.54) is 19.3 Å². The molecule has 4 saturated carbocycles. The van der Waals surface area contributed by atoms with E-state index >= 15 is 0 Å². The van der Waals surface area contributed by atoms with Gasteiger partial charge < -0.3 is 14.4 Å². The predicted octanol–water partition coefficient (Wildman–Crippen LogP) is 4.30. The van der Waals surface area contributed by atoms with Gasteiger partial charge in [-0.2, -0.15) is 8.42 Å². The van der Waals surface area contributed by atoms with Crippen molar-refractivity contribution in [3.05, 3.63) is 29.8 Å². The summed E-state index contributed by atoms with van der Waals surface area (Å²) in [6.07, 6.45) is 7.39. The first-order chi connectivity index (χ1) is 14.2. The van der Waals surface area contributed by atoms with Gasteiger partial charge in [-0.1, -0.05) is 12.1 Å². The predicted molar refractivity (Wildman–Crippen MR) is 117 cm³/mol. The van der Waals surface area contributed by atoms with Crippen molar-refractivity contribution in [1.29, 1.82) is 0 Å². The molecule has 1 aromatic carbocycles. The van der Waals surface area contributed by atoms with Crippen LogP contribution in [0.15, 0.2) is 24.3 Å². The molecular weight excluding hydrogens is 400 g/mol. The molecule has 7 heteroatoms. The standard InChI is InChI=1S/C23H34N2O4S/c1-4-30(27,28)29-21-7-5-6-17(11-21)15-25(16(2)3)22(26)24-23-12-18-8-19(13-23)10-20(9-18)14-23/h5-7,11,16,18-20H,4,8-10,12-15H2,1-3H3,(H,24,26). The highest BCUT2D eigenvalue weighted by atomic mass is 32.2. The molecule has 0 heterocycles. The van der Waals surface area contributed by atoms with E-state index in [1.54, 1.807) is 25.1 Å². The van der Waals surface area contributed by atoms with Crippen LogP contribution in [0.1, 0.15) is 64.9 Å². The summed E-state index contributed by atoms with van der Waals surface area (Å²) in [7, 11) is -3.57. The third-order valence-corrected chi connectivity index (χ3v) is 8.28. The number of benzene rings is 1. The number of carbonyl (C=O) groups is 1. The number of nitrogens with zero attached hydrogens (tertiary/aromatic N) is 1. The Morgan fingerprint density at radius 3 is 2.30 bits per heavy atom. The van der Waals surface area contributed by atoms with Crippen molar-refractivity contribution in [2.24, 2.45) is 17.8 Å². The molecular formula is C23H34N2O4S. The second kappa shape index (κ2) is 8.06. The molecule has 0 radical (unpaired) electrons. The molecule has 5 rings (SSSR count). The van der Waals surface area contributed by atoms with Crippen molar-refractivity contribution in [1.82, 2.24) is 10.2 Å². The first-order valence-corrected chi connectivity index (χ1v) is 12.8. The highest BCUT2D eigenvalue weighted by Crippen LogP contribution is 2.55. The quantitative estimate of drug-likeness (QED) is 0.649. The van der Waals surface area contributed by atoms with Crippen LogP contribution in [-0.4, -0.2) is 36.7 Å². The van der Waals surface area contributed by atoms with Gasteiger partial charge in [0.25, 0.3) is 0 Å². The maximum absolute atomic E-state index is 13.3. The minimum atomic E-state index is -3.57. The van der Waals surface area contributed by atoms with Gasteiger partial charge in [0.15, 0.2) is 0 Å². The lowest BCUT2D eigenvalue weighted by atomic mass is 9.53. The van der Waals surface area contributed by atoms with Crippen molar-refractivity contribution >= 4 is 16.1 Å². The third kappa shape index (κ3) is 4.61. The molecule has 4 fully saturated rings. The topological polar surface area (TPSA) is 75.7 Å². The summed E-state index contributed by atoms with van der Waals surface area (Å²) in [5, 5.41) is 3.45. The maximum Gasteiger partial charge on any atom is 0.318 e. The fourth-order valence-electron chi connectivity index (χ4n) is 6.15. The second-order valence-corrected chi connectivity index (χ2v) is 11.8. The van der Waals surface area contributed by atoms with Gasteiger partial charge in [-0.05, 0) is 94.7 Å². The van der Waals surface area contributed by atoms with Crippen molar-refractivity contribution < 1.29 is 17.4 Å². The molecule has 30 heavy (non-hydrogen) atoms. The van der Waals surface area contributed by atoms with Gasteiger partial charge in [-0.15, -0.1) is 0 Å². The van der Waals surface area contributed by atoms with Crippen LogP contribution in [0.2, 0.25) is 0 Å². The van der Waals surface area contributed by atoms with Gasteiger partial charge in [0, 0.05) is 18.1 Å². The molecule has 0 unspecified atom stereocenters. The van der Waals surface area contributed by atoms with E-state index in [0.717, 1.165) is 42.6 Å². The molecule has 0 atom stereocenters. The second-order valence-electron chi connectivity index (χ2n) is 9.93. The molecule has 0 aromatic heterocycles. The largest absolute Gasteiger partial charge is 0.382 e. The zero-order chi connectivity index (χ0) is 21.5. The Bertz CT molecular complexity index is 861. The molecule has 1 N–H and O–H groups in total. The molecule has 1 aromatic rings. The smallest absolute Gasteiger partial charge is 0.318 e. The van der Waals surface area contributed by atoms with E-state index in [0.29, 0.717) is 12.3 Å².